The summed E-state index contributed by atoms with van der Waals surface area (Å²) in [5.41, 5.74) is 7.84. The van der Waals surface area contributed by atoms with E-state index in [1.165, 1.54) is 11.3 Å². The van der Waals surface area contributed by atoms with E-state index in [1.807, 2.05) is 37.4 Å². The third kappa shape index (κ3) is 5.58. The highest BCUT2D eigenvalue weighted by Gasteiger charge is 2.54. The normalized spacial score (nSPS) is 23.8. The number of piperazine rings is 1. The summed E-state index contributed by atoms with van der Waals surface area (Å²) < 4.78 is 17.3. The minimum absolute atomic E-state index is 0.0663. The Morgan fingerprint density at radius 3 is 2.62 bits per heavy atom. The first-order chi connectivity index (χ1) is 23.0. The molecular formula is C32H41N9O5S2. The number of nitrogens with two attached hydrogens (primary N) is 1. The smallest absolute Gasteiger partial charge is 0.410 e. The molecule has 5 aliphatic heterocycles. The van der Waals surface area contributed by atoms with Crippen LogP contribution >= 0.6 is 23.1 Å². The molecule has 8 rings (SSSR count). The van der Waals surface area contributed by atoms with E-state index in [1.54, 1.807) is 4.90 Å². The Labute approximate surface area is 287 Å². The van der Waals surface area contributed by atoms with Crippen molar-refractivity contribution in [3.8, 4) is 12.1 Å². The van der Waals surface area contributed by atoms with E-state index in [0.29, 0.717) is 60.7 Å². The molecule has 14 nitrogen and oxygen atoms in total. The number of thiophene rings is 1. The molecule has 256 valence electrons. The van der Waals surface area contributed by atoms with Gasteiger partial charge in [0.1, 0.15) is 28.4 Å². The number of carbonyl (C=O) groups excluding carboxylic acids is 2. The van der Waals surface area contributed by atoms with Crippen molar-refractivity contribution in [3.05, 3.63) is 16.0 Å². The van der Waals surface area contributed by atoms with Crippen LogP contribution in [0.15, 0.2) is 0 Å². The molecule has 3 saturated heterocycles. The summed E-state index contributed by atoms with van der Waals surface area (Å²) in [6.45, 7) is 12.5. The number of nitrogen functional groups attached to an aromatic ring is 1. The molecule has 0 bridgehead atoms. The van der Waals surface area contributed by atoms with Crippen molar-refractivity contribution in [1.29, 1.82) is 5.26 Å². The van der Waals surface area contributed by atoms with Gasteiger partial charge in [0, 0.05) is 67.4 Å². The van der Waals surface area contributed by atoms with Gasteiger partial charge in [0.2, 0.25) is 5.91 Å². The Kier molecular flexibility index (Phi) is 7.62. The van der Waals surface area contributed by atoms with Crippen LogP contribution in [0, 0.1) is 16.7 Å². The summed E-state index contributed by atoms with van der Waals surface area (Å²) >= 11 is 3.34. The van der Waals surface area contributed by atoms with Crippen molar-refractivity contribution in [2.75, 3.05) is 93.0 Å². The molecule has 1 atom stereocenters. The quantitative estimate of drug-likeness (QED) is 0.454. The zero-order valence-corrected chi connectivity index (χ0v) is 29.2. The van der Waals surface area contributed by atoms with Crippen LogP contribution in [0.3, 0.4) is 0 Å². The number of anilines is 4. The highest BCUT2D eigenvalue weighted by Crippen LogP contribution is 2.59. The molecule has 2 aromatic rings. The molecule has 0 radical (unpaired) electrons. The second-order valence-electron chi connectivity index (χ2n) is 14.7. The topological polar surface area (TPSA) is 162 Å². The standard InChI is InChI=1S/C32H41N9O5S2/c1-30(2,3)46-29(43)39-6-7-41-20(13-39)27(42)35-23-25(40-16-32(17-40)22-19(12-33)24(34)48-21(22)14-47-32)36-28(37-26(23)41)45-18-31(4-5-31)15-38-8-10-44-11-9-38/h20H,4-11,13-18,34H2,1-3H3,(H,35,42)/t20-/m1/s1. The molecule has 0 unspecified atom stereocenters. The largest absolute Gasteiger partial charge is 0.463 e. The molecule has 1 spiro atoms. The summed E-state index contributed by atoms with van der Waals surface area (Å²) in [5, 5.41) is 13.6. The molecule has 4 fully saturated rings. The lowest BCUT2D eigenvalue weighted by Gasteiger charge is -2.50. The van der Waals surface area contributed by atoms with Crippen LogP contribution in [-0.2, 0) is 24.8 Å². The first-order valence-electron chi connectivity index (χ1n) is 16.6. The van der Waals surface area contributed by atoms with Gasteiger partial charge < -0.3 is 40.0 Å². The molecule has 1 aliphatic carbocycles. The van der Waals surface area contributed by atoms with Crippen molar-refractivity contribution < 1.29 is 23.8 Å². The highest BCUT2D eigenvalue weighted by molar-refractivity contribution is 8.00. The van der Waals surface area contributed by atoms with E-state index in [0.717, 1.165) is 61.9 Å². The number of nitrogens with zero attached hydrogens (tertiary/aromatic N) is 7. The SMILES string of the molecule is CC(C)(C)OC(=O)N1CCN2c3nc(OCC4(CN5CCOCC5)CC4)nc(N4CC5(C4)SCc4sc(N)c(C#N)c45)c3NC(=O)[C@H]2C1. The van der Waals surface area contributed by atoms with Crippen LogP contribution in [-0.4, -0.2) is 116 Å². The number of amides is 2. The second-order valence-corrected chi connectivity index (χ2v) is 17.2. The molecule has 6 aliphatic rings. The van der Waals surface area contributed by atoms with Crippen LogP contribution in [0.4, 0.5) is 27.1 Å². The molecule has 0 aromatic carbocycles. The molecule has 2 amide bonds. The molecule has 3 N–H and O–H groups in total. The van der Waals surface area contributed by atoms with Gasteiger partial charge in [-0.05, 0) is 33.6 Å². The van der Waals surface area contributed by atoms with Crippen LogP contribution in [0.1, 0.15) is 49.6 Å². The van der Waals surface area contributed by atoms with Crippen molar-refractivity contribution in [3.63, 3.8) is 0 Å². The Morgan fingerprint density at radius 1 is 1.17 bits per heavy atom. The van der Waals surface area contributed by atoms with Gasteiger partial charge in [0.15, 0.2) is 11.6 Å². The Hall–Kier alpha value is -3.52. The number of fused-ring (bicyclic) bond motifs is 5. The number of thioether (sulfide) groups is 1. The minimum Gasteiger partial charge on any atom is -0.463 e. The van der Waals surface area contributed by atoms with E-state index < -0.39 is 17.7 Å². The zero-order chi connectivity index (χ0) is 33.4. The van der Waals surface area contributed by atoms with E-state index in [-0.39, 0.29) is 28.6 Å². The van der Waals surface area contributed by atoms with Crippen molar-refractivity contribution >= 4 is 57.4 Å². The molecule has 1 saturated carbocycles. The maximum absolute atomic E-state index is 13.7. The number of carbonyl (C=O) groups is 2. The monoisotopic (exact) mass is 695 g/mol. The van der Waals surface area contributed by atoms with Crippen molar-refractivity contribution in [2.45, 2.75) is 55.8 Å². The Morgan fingerprint density at radius 2 is 1.92 bits per heavy atom. The summed E-state index contributed by atoms with van der Waals surface area (Å²) in [4.78, 5) is 45.8. The zero-order valence-electron chi connectivity index (χ0n) is 27.5. The average Bonchev–Trinajstić information content (AvgIpc) is 3.58. The number of nitriles is 1. The van der Waals surface area contributed by atoms with Gasteiger partial charge in [0.25, 0.3) is 0 Å². The Balaban J connectivity index is 1.08. The first-order valence-corrected chi connectivity index (χ1v) is 18.4. The predicted molar refractivity (Wildman–Crippen MR) is 183 cm³/mol. The number of morpholine rings is 1. The molecule has 7 heterocycles. The second kappa shape index (κ2) is 11.5. The van der Waals surface area contributed by atoms with Gasteiger partial charge in [-0.15, -0.1) is 23.1 Å². The lowest BCUT2D eigenvalue weighted by atomic mass is 9.88. The predicted octanol–water partition coefficient (Wildman–Crippen LogP) is 2.82. The van der Waals surface area contributed by atoms with Gasteiger partial charge in [-0.25, -0.2) is 4.79 Å². The van der Waals surface area contributed by atoms with Crippen molar-refractivity contribution in [1.82, 2.24) is 19.8 Å². The van der Waals surface area contributed by atoms with E-state index >= 15 is 0 Å². The van der Waals surface area contributed by atoms with Gasteiger partial charge in [-0.1, -0.05) is 0 Å². The Bertz CT molecular complexity index is 1690. The van der Waals surface area contributed by atoms with Gasteiger partial charge >= 0.3 is 12.1 Å². The summed E-state index contributed by atoms with van der Waals surface area (Å²) in [7, 11) is 0. The van der Waals surface area contributed by atoms with E-state index in [4.69, 9.17) is 29.9 Å². The highest BCUT2D eigenvalue weighted by atomic mass is 32.2. The first kappa shape index (κ1) is 31.7. The summed E-state index contributed by atoms with van der Waals surface area (Å²) in [6.07, 6.45) is 1.74. The maximum Gasteiger partial charge on any atom is 0.410 e. The number of aromatic nitrogens is 2. The summed E-state index contributed by atoms with van der Waals surface area (Å²) in [5.74, 6) is 1.80. The fourth-order valence-electron chi connectivity index (χ4n) is 7.40. The lowest BCUT2D eigenvalue weighted by molar-refractivity contribution is -0.118. The van der Waals surface area contributed by atoms with Gasteiger partial charge in [-0.2, -0.15) is 15.2 Å². The summed E-state index contributed by atoms with van der Waals surface area (Å²) in [6, 6.07) is 1.98. The number of nitrogens with one attached hydrogen (secondary N) is 1. The number of hydrogen-bond acceptors (Lipinski definition) is 14. The fourth-order valence-corrected chi connectivity index (χ4v) is 10.2. The van der Waals surface area contributed by atoms with Crippen LogP contribution in [0.5, 0.6) is 6.01 Å². The van der Waals surface area contributed by atoms with Crippen molar-refractivity contribution in [2.24, 2.45) is 5.41 Å². The third-order valence-corrected chi connectivity index (χ3v) is 12.7. The third-order valence-electron chi connectivity index (χ3n) is 10.1. The molecule has 16 heteroatoms. The van der Waals surface area contributed by atoms with Gasteiger partial charge in [-0.3, -0.25) is 9.69 Å². The van der Waals surface area contributed by atoms with Crippen LogP contribution < -0.4 is 25.6 Å². The molecule has 2 aromatic heterocycles. The van der Waals surface area contributed by atoms with Gasteiger partial charge in [0.05, 0.1) is 36.7 Å². The van der Waals surface area contributed by atoms with E-state index in [9.17, 15) is 14.9 Å². The number of ether oxygens (including phenoxy) is 3. The van der Waals surface area contributed by atoms with E-state index in [2.05, 4.69) is 21.2 Å². The number of rotatable bonds is 6. The fraction of sp³-hybridized carbons (Fsp3) is 0.656. The number of hydrogen-bond donors (Lipinski definition) is 2. The van der Waals surface area contributed by atoms with Crippen LogP contribution in [0.25, 0.3) is 0 Å². The minimum atomic E-state index is -0.638. The molecule has 48 heavy (non-hydrogen) atoms. The van der Waals surface area contributed by atoms with Crippen LogP contribution in [0.2, 0.25) is 0 Å². The molecular weight excluding hydrogens is 655 g/mol. The lowest BCUT2D eigenvalue weighted by Crippen LogP contribution is -2.62. The average molecular weight is 696 g/mol. The maximum atomic E-state index is 13.7.